The lowest BCUT2D eigenvalue weighted by atomic mass is 10.0. The van der Waals surface area contributed by atoms with E-state index in [9.17, 15) is 0 Å². The van der Waals surface area contributed by atoms with Gasteiger partial charge in [-0.3, -0.25) is 0 Å². The lowest BCUT2D eigenvalue weighted by Crippen LogP contribution is -2.01. The Labute approximate surface area is 235 Å². The second kappa shape index (κ2) is 9.50. The van der Waals surface area contributed by atoms with Gasteiger partial charge in [0, 0.05) is 27.6 Å². The summed E-state index contributed by atoms with van der Waals surface area (Å²) in [6.07, 6.45) is 0. The van der Waals surface area contributed by atoms with Gasteiger partial charge in [0.25, 0.3) is 0 Å². The third-order valence-electron chi connectivity index (χ3n) is 7.36. The van der Waals surface area contributed by atoms with Crippen LogP contribution in [-0.2, 0) is 0 Å². The zero-order valence-corrected chi connectivity index (χ0v) is 21.9. The van der Waals surface area contributed by atoms with E-state index < -0.39 is 0 Å². The van der Waals surface area contributed by atoms with Crippen LogP contribution in [0.3, 0.4) is 0 Å². The number of benzene rings is 6. The van der Waals surface area contributed by atoms with Crippen molar-refractivity contribution in [3.8, 4) is 45.6 Å². The number of aromatic nitrogens is 4. The monoisotopic (exact) mass is 526 g/mol. The molecule has 8 aromatic rings. The molecule has 0 fully saturated rings. The molecule has 0 spiro atoms. The second-order valence-electron chi connectivity index (χ2n) is 9.90. The minimum Gasteiger partial charge on any atom is -0.435 e. The van der Waals surface area contributed by atoms with Gasteiger partial charge in [-0.25, -0.2) is 19.9 Å². The highest BCUT2D eigenvalue weighted by Gasteiger charge is 2.19. The van der Waals surface area contributed by atoms with Crippen molar-refractivity contribution in [2.45, 2.75) is 0 Å². The molecule has 8 rings (SSSR count). The third-order valence-corrected chi connectivity index (χ3v) is 7.36. The van der Waals surface area contributed by atoms with E-state index in [-0.39, 0.29) is 0 Å². The van der Waals surface area contributed by atoms with Crippen molar-refractivity contribution in [2.75, 3.05) is 0 Å². The highest BCUT2D eigenvalue weighted by atomic mass is 16.3. The summed E-state index contributed by atoms with van der Waals surface area (Å²) in [6.45, 7) is 0. The van der Waals surface area contributed by atoms with Crippen LogP contribution in [0.25, 0.3) is 78.3 Å². The molecule has 0 saturated heterocycles. The number of rotatable bonds is 4. The molecule has 0 aliphatic rings. The van der Waals surface area contributed by atoms with Crippen LogP contribution >= 0.6 is 0 Å². The fraction of sp³-hybridized carbons (Fsp3) is 0. The average molecular weight is 527 g/mol. The summed E-state index contributed by atoms with van der Waals surface area (Å²) < 4.78 is 6.43. The molecule has 0 aliphatic carbocycles. The zero-order valence-electron chi connectivity index (χ0n) is 21.9. The number of hydrogen-bond donors (Lipinski definition) is 0. The highest BCUT2D eigenvalue weighted by Crippen LogP contribution is 2.37. The summed E-state index contributed by atoms with van der Waals surface area (Å²) in [4.78, 5) is 19.9. The number of hydrogen-bond acceptors (Lipinski definition) is 5. The first kappa shape index (κ1) is 23.2. The molecule has 0 bridgehead atoms. The van der Waals surface area contributed by atoms with Gasteiger partial charge in [0.05, 0.1) is 0 Å². The quantitative estimate of drug-likeness (QED) is 0.229. The van der Waals surface area contributed by atoms with Gasteiger partial charge < -0.3 is 4.42 Å². The predicted octanol–water partition coefficient (Wildman–Crippen LogP) is 8.99. The Morgan fingerprint density at radius 1 is 0.415 bits per heavy atom. The van der Waals surface area contributed by atoms with Crippen LogP contribution in [0.2, 0.25) is 0 Å². The van der Waals surface area contributed by atoms with Crippen LogP contribution in [0, 0.1) is 0 Å². The van der Waals surface area contributed by atoms with Crippen molar-refractivity contribution in [3.05, 3.63) is 133 Å². The molecule has 2 heterocycles. The Bertz CT molecular complexity index is 2200. The fourth-order valence-corrected chi connectivity index (χ4v) is 5.40. The van der Waals surface area contributed by atoms with Crippen LogP contribution in [0.15, 0.2) is 138 Å². The van der Waals surface area contributed by atoms with E-state index in [0.717, 1.165) is 49.3 Å². The van der Waals surface area contributed by atoms with E-state index in [1.165, 1.54) is 0 Å². The van der Waals surface area contributed by atoms with Gasteiger partial charge in [0.1, 0.15) is 5.52 Å². The summed E-state index contributed by atoms with van der Waals surface area (Å²) in [7, 11) is 0. The minimum absolute atomic E-state index is 0.581. The van der Waals surface area contributed by atoms with E-state index >= 15 is 0 Å². The van der Waals surface area contributed by atoms with Crippen molar-refractivity contribution in [1.29, 1.82) is 0 Å². The summed E-state index contributed by atoms with van der Waals surface area (Å²) in [5.41, 5.74) is 5.18. The third kappa shape index (κ3) is 4.03. The van der Waals surface area contributed by atoms with Gasteiger partial charge in [-0.1, -0.05) is 115 Å². The summed E-state index contributed by atoms with van der Waals surface area (Å²) in [6, 6.07) is 44.7. The first-order chi connectivity index (χ1) is 20.3. The molecule has 192 valence electrons. The Hall–Kier alpha value is -5.68. The highest BCUT2D eigenvalue weighted by molar-refractivity contribution is 6.10. The van der Waals surface area contributed by atoms with Crippen molar-refractivity contribution < 1.29 is 4.42 Å². The summed E-state index contributed by atoms with van der Waals surface area (Å²) >= 11 is 0. The van der Waals surface area contributed by atoms with Gasteiger partial charge in [0.2, 0.25) is 5.89 Å². The van der Waals surface area contributed by atoms with E-state index in [1.54, 1.807) is 0 Å². The number of fused-ring (bicyclic) bond motifs is 4. The topological polar surface area (TPSA) is 64.7 Å². The molecular weight excluding hydrogens is 504 g/mol. The summed E-state index contributed by atoms with van der Waals surface area (Å²) in [5, 5.41) is 4.18. The van der Waals surface area contributed by atoms with E-state index in [0.29, 0.717) is 28.9 Å². The van der Waals surface area contributed by atoms with E-state index in [4.69, 9.17) is 24.4 Å². The Morgan fingerprint density at radius 2 is 1.02 bits per heavy atom. The molecule has 41 heavy (non-hydrogen) atoms. The standard InChI is InChI=1S/C36H22N4O/c1-3-12-25(13-4-1)33-38-34(28-19-9-16-23-11-7-8-18-27(23)28)40-35(39-33)29-20-10-17-24-21-22-30-32(31(24)29)41-36(37-30)26-14-5-2-6-15-26/h1-22H. The Balaban J connectivity index is 1.41. The molecule has 0 unspecified atom stereocenters. The molecule has 0 amide bonds. The van der Waals surface area contributed by atoms with Crippen LogP contribution in [-0.4, -0.2) is 19.9 Å². The maximum atomic E-state index is 6.43. The van der Waals surface area contributed by atoms with E-state index in [2.05, 4.69) is 36.4 Å². The van der Waals surface area contributed by atoms with Crippen molar-refractivity contribution in [1.82, 2.24) is 19.9 Å². The minimum atomic E-state index is 0.581. The fourth-order valence-electron chi connectivity index (χ4n) is 5.40. The molecule has 0 atom stereocenters. The van der Waals surface area contributed by atoms with Gasteiger partial charge in [-0.15, -0.1) is 0 Å². The van der Waals surface area contributed by atoms with Gasteiger partial charge in [-0.2, -0.15) is 0 Å². The zero-order chi connectivity index (χ0) is 27.2. The molecule has 0 saturated carbocycles. The number of nitrogens with zero attached hydrogens (tertiary/aromatic N) is 4. The Morgan fingerprint density at radius 3 is 1.83 bits per heavy atom. The van der Waals surface area contributed by atoms with Gasteiger partial charge in [0.15, 0.2) is 23.1 Å². The van der Waals surface area contributed by atoms with Gasteiger partial charge in [-0.05, 0) is 34.4 Å². The largest absolute Gasteiger partial charge is 0.435 e. The molecule has 0 radical (unpaired) electrons. The molecule has 5 heteroatoms. The predicted molar refractivity (Wildman–Crippen MR) is 164 cm³/mol. The smallest absolute Gasteiger partial charge is 0.227 e. The maximum absolute atomic E-state index is 6.43. The molecule has 6 aromatic carbocycles. The lowest BCUT2D eigenvalue weighted by Gasteiger charge is -2.11. The van der Waals surface area contributed by atoms with Crippen molar-refractivity contribution in [3.63, 3.8) is 0 Å². The second-order valence-corrected chi connectivity index (χ2v) is 9.90. The first-order valence-corrected chi connectivity index (χ1v) is 13.5. The van der Waals surface area contributed by atoms with E-state index in [1.807, 2.05) is 97.1 Å². The van der Waals surface area contributed by atoms with Gasteiger partial charge >= 0.3 is 0 Å². The number of oxazole rings is 1. The average Bonchev–Trinajstić information content (AvgIpc) is 3.50. The van der Waals surface area contributed by atoms with Crippen LogP contribution in [0.1, 0.15) is 0 Å². The van der Waals surface area contributed by atoms with Crippen LogP contribution < -0.4 is 0 Å². The van der Waals surface area contributed by atoms with Crippen LogP contribution in [0.4, 0.5) is 0 Å². The Kier molecular flexibility index (Phi) is 5.38. The maximum Gasteiger partial charge on any atom is 0.227 e. The molecule has 5 nitrogen and oxygen atoms in total. The molecule has 0 N–H and O–H groups in total. The lowest BCUT2D eigenvalue weighted by molar-refractivity contribution is 0.623. The molecule has 0 aliphatic heterocycles. The van der Waals surface area contributed by atoms with Crippen molar-refractivity contribution in [2.24, 2.45) is 0 Å². The summed E-state index contributed by atoms with van der Waals surface area (Å²) in [5.74, 6) is 2.40. The normalized spacial score (nSPS) is 11.4. The van der Waals surface area contributed by atoms with Crippen LogP contribution in [0.5, 0.6) is 0 Å². The molecular formula is C36H22N4O. The van der Waals surface area contributed by atoms with Crippen molar-refractivity contribution >= 4 is 32.6 Å². The first-order valence-electron chi connectivity index (χ1n) is 13.5. The molecule has 2 aromatic heterocycles. The SMILES string of the molecule is c1ccc(-c2nc(-c3cccc4ccccc34)nc(-c3cccc4ccc5nc(-c6ccccc6)oc5c34)n2)cc1.